The molecule has 0 aromatic carbocycles. The molecule has 2 unspecified atom stereocenters. The maximum atomic E-state index is 12.5. The number of aliphatic hydroxyl groups excluding tert-OH is 2. The summed E-state index contributed by atoms with van der Waals surface area (Å²) in [5.41, 5.74) is 0. The minimum atomic E-state index is -0.666. The molecule has 0 bridgehead atoms. The SMILES string of the molecule is CCCCCCCCCCCCCCCC(O)C(CO)NC(=O)CCCCCCCCC/C=C\CCCCCCCCCCCCCCOC(=O)CCCCCCCCCCCCC. The van der Waals surface area contributed by atoms with Crippen molar-refractivity contribution in [1.29, 1.82) is 0 Å². The van der Waals surface area contributed by atoms with Crippen molar-refractivity contribution in [3.63, 3.8) is 0 Å². The van der Waals surface area contributed by atoms with Crippen LogP contribution in [0.4, 0.5) is 0 Å². The van der Waals surface area contributed by atoms with Crippen molar-refractivity contribution in [2.45, 2.75) is 334 Å². The van der Waals surface area contributed by atoms with Gasteiger partial charge in [0.05, 0.1) is 25.4 Å². The smallest absolute Gasteiger partial charge is 0.305 e. The van der Waals surface area contributed by atoms with E-state index in [1.165, 1.54) is 250 Å². The highest BCUT2D eigenvalue weighted by molar-refractivity contribution is 5.76. The van der Waals surface area contributed by atoms with E-state index in [9.17, 15) is 19.8 Å². The topological polar surface area (TPSA) is 95.9 Å². The summed E-state index contributed by atoms with van der Waals surface area (Å²) in [6.07, 6.45) is 63.5. The third-order valence-electron chi connectivity index (χ3n) is 13.6. The second kappa shape index (κ2) is 54.2. The molecule has 0 spiro atoms. The fraction of sp³-hybridized carbons (Fsp3) is 0.931. The maximum Gasteiger partial charge on any atom is 0.305 e. The van der Waals surface area contributed by atoms with Crippen LogP contribution in [0, 0.1) is 0 Å². The van der Waals surface area contributed by atoms with Gasteiger partial charge < -0.3 is 20.3 Å². The van der Waals surface area contributed by atoms with Crippen LogP contribution < -0.4 is 5.32 Å². The molecule has 0 aliphatic heterocycles. The molecule has 64 heavy (non-hydrogen) atoms. The summed E-state index contributed by atoms with van der Waals surface area (Å²) in [5, 5.41) is 23.2. The van der Waals surface area contributed by atoms with E-state index in [0.717, 1.165) is 38.5 Å². The number of amides is 1. The molecule has 0 aliphatic carbocycles. The van der Waals surface area contributed by atoms with Crippen LogP contribution in [-0.4, -0.2) is 47.4 Å². The number of carbonyl (C=O) groups excluding carboxylic acids is 2. The lowest BCUT2D eigenvalue weighted by molar-refractivity contribution is -0.143. The van der Waals surface area contributed by atoms with Crippen LogP contribution in [0.3, 0.4) is 0 Å². The highest BCUT2D eigenvalue weighted by Gasteiger charge is 2.20. The molecular weight excluding hydrogens is 791 g/mol. The van der Waals surface area contributed by atoms with Gasteiger partial charge in [-0.25, -0.2) is 0 Å². The van der Waals surface area contributed by atoms with Crippen molar-refractivity contribution in [3.05, 3.63) is 12.2 Å². The van der Waals surface area contributed by atoms with Crippen LogP contribution >= 0.6 is 0 Å². The van der Waals surface area contributed by atoms with Gasteiger partial charge in [-0.05, 0) is 51.4 Å². The molecule has 0 radical (unpaired) electrons. The summed E-state index contributed by atoms with van der Waals surface area (Å²) in [6.45, 7) is 4.96. The molecule has 0 aliphatic rings. The summed E-state index contributed by atoms with van der Waals surface area (Å²) in [7, 11) is 0. The van der Waals surface area contributed by atoms with Gasteiger partial charge in [-0.2, -0.15) is 0 Å². The monoisotopic (exact) mass is 904 g/mol. The van der Waals surface area contributed by atoms with Gasteiger partial charge in [0.1, 0.15) is 0 Å². The van der Waals surface area contributed by atoms with E-state index in [-0.39, 0.29) is 18.5 Å². The van der Waals surface area contributed by atoms with E-state index in [1.54, 1.807) is 0 Å². The summed E-state index contributed by atoms with van der Waals surface area (Å²) < 4.78 is 5.46. The van der Waals surface area contributed by atoms with Gasteiger partial charge in [-0.15, -0.1) is 0 Å². The molecule has 380 valence electrons. The maximum absolute atomic E-state index is 12.5. The molecule has 6 nitrogen and oxygen atoms in total. The number of ether oxygens (including phenoxy) is 1. The number of carbonyl (C=O) groups is 2. The van der Waals surface area contributed by atoms with Gasteiger partial charge in [-0.3, -0.25) is 9.59 Å². The zero-order chi connectivity index (χ0) is 46.5. The Hall–Kier alpha value is -1.40. The summed E-state index contributed by atoms with van der Waals surface area (Å²) in [4.78, 5) is 24.4. The predicted octanol–water partition coefficient (Wildman–Crippen LogP) is 17.7. The van der Waals surface area contributed by atoms with Crippen molar-refractivity contribution in [2.24, 2.45) is 0 Å². The Morgan fingerprint density at radius 3 is 1.11 bits per heavy atom. The lowest BCUT2D eigenvalue weighted by Gasteiger charge is -2.22. The Morgan fingerprint density at radius 1 is 0.422 bits per heavy atom. The normalized spacial score (nSPS) is 12.6. The molecule has 0 saturated heterocycles. The van der Waals surface area contributed by atoms with Gasteiger partial charge in [0.25, 0.3) is 0 Å². The van der Waals surface area contributed by atoms with Gasteiger partial charge >= 0.3 is 5.97 Å². The standard InChI is InChI=1S/C58H113NO5/c1-3-5-7-9-11-13-15-27-31-34-38-42-46-50-56(61)55(54-60)59-57(62)51-47-43-39-35-32-28-25-23-21-19-17-16-18-20-22-24-26-29-33-37-41-45-49-53-64-58(63)52-48-44-40-36-30-14-12-10-8-6-4-2/h19,21,55-56,60-61H,3-18,20,22-54H2,1-2H3,(H,59,62)/b21-19-. The summed E-state index contributed by atoms with van der Waals surface area (Å²) in [6, 6.07) is -0.544. The van der Waals surface area contributed by atoms with Crippen molar-refractivity contribution in [3.8, 4) is 0 Å². The van der Waals surface area contributed by atoms with Crippen LogP contribution in [0.5, 0.6) is 0 Å². The first kappa shape index (κ1) is 62.6. The molecule has 0 rings (SSSR count). The number of unbranched alkanes of at least 4 members (excludes halogenated alkanes) is 41. The highest BCUT2D eigenvalue weighted by atomic mass is 16.5. The van der Waals surface area contributed by atoms with Crippen LogP contribution in [0.25, 0.3) is 0 Å². The largest absolute Gasteiger partial charge is 0.466 e. The number of aliphatic hydroxyl groups is 2. The number of hydrogen-bond acceptors (Lipinski definition) is 5. The molecule has 3 N–H and O–H groups in total. The molecule has 6 heteroatoms. The number of hydrogen-bond donors (Lipinski definition) is 3. The highest BCUT2D eigenvalue weighted by Crippen LogP contribution is 2.17. The van der Waals surface area contributed by atoms with E-state index in [4.69, 9.17) is 4.74 Å². The van der Waals surface area contributed by atoms with Gasteiger partial charge in [0, 0.05) is 12.8 Å². The zero-order valence-electron chi connectivity index (χ0n) is 43.3. The predicted molar refractivity (Wildman–Crippen MR) is 278 cm³/mol. The fourth-order valence-electron chi connectivity index (χ4n) is 9.11. The molecule has 0 fully saturated rings. The number of rotatable bonds is 54. The van der Waals surface area contributed by atoms with Crippen molar-refractivity contribution in [2.75, 3.05) is 13.2 Å². The van der Waals surface area contributed by atoms with E-state index in [0.29, 0.717) is 25.9 Å². The molecule has 0 aromatic rings. The summed E-state index contributed by atoms with van der Waals surface area (Å²) >= 11 is 0. The number of esters is 1. The molecule has 0 saturated carbocycles. The first-order valence-corrected chi connectivity index (χ1v) is 28.9. The van der Waals surface area contributed by atoms with Crippen molar-refractivity contribution in [1.82, 2.24) is 5.32 Å². The Morgan fingerprint density at radius 2 is 0.734 bits per heavy atom. The van der Waals surface area contributed by atoms with E-state index < -0.39 is 12.1 Å². The number of allylic oxidation sites excluding steroid dienone is 2. The third-order valence-corrected chi connectivity index (χ3v) is 13.6. The Labute approximate surface area is 399 Å². The third kappa shape index (κ3) is 50.0. The first-order chi connectivity index (χ1) is 31.5. The average Bonchev–Trinajstić information content (AvgIpc) is 3.29. The molecular formula is C58H113NO5. The van der Waals surface area contributed by atoms with Crippen LogP contribution in [0.1, 0.15) is 322 Å². The van der Waals surface area contributed by atoms with Gasteiger partial charge in [0.2, 0.25) is 5.91 Å². The zero-order valence-corrected chi connectivity index (χ0v) is 43.3. The average molecular weight is 905 g/mol. The molecule has 2 atom stereocenters. The minimum Gasteiger partial charge on any atom is -0.466 e. The van der Waals surface area contributed by atoms with Gasteiger partial charge in [0.15, 0.2) is 0 Å². The Kier molecular flexibility index (Phi) is 53.0. The Balaban J connectivity index is 3.40. The second-order valence-corrected chi connectivity index (χ2v) is 20.0. The molecule has 0 heterocycles. The Bertz CT molecular complexity index is 955. The fourth-order valence-corrected chi connectivity index (χ4v) is 9.11. The van der Waals surface area contributed by atoms with Crippen LogP contribution in [0.2, 0.25) is 0 Å². The molecule has 1 amide bonds. The van der Waals surface area contributed by atoms with E-state index >= 15 is 0 Å². The second-order valence-electron chi connectivity index (χ2n) is 20.0. The van der Waals surface area contributed by atoms with Crippen molar-refractivity contribution < 1.29 is 24.5 Å². The minimum absolute atomic E-state index is 0.0115. The van der Waals surface area contributed by atoms with Crippen LogP contribution in [0.15, 0.2) is 12.2 Å². The van der Waals surface area contributed by atoms with E-state index in [2.05, 4.69) is 31.3 Å². The first-order valence-electron chi connectivity index (χ1n) is 28.9. The quantitative estimate of drug-likeness (QED) is 0.0321. The van der Waals surface area contributed by atoms with E-state index in [1.807, 2.05) is 0 Å². The van der Waals surface area contributed by atoms with Crippen molar-refractivity contribution >= 4 is 11.9 Å². The lowest BCUT2D eigenvalue weighted by atomic mass is 10.0. The molecule has 0 aromatic heterocycles. The number of nitrogens with one attached hydrogen (secondary N) is 1. The van der Waals surface area contributed by atoms with Gasteiger partial charge in [-0.1, -0.05) is 270 Å². The van der Waals surface area contributed by atoms with Crippen LogP contribution in [-0.2, 0) is 14.3 Å². The lowest BCUT2D eigenvalue weighted by Crippen LogP contribution is -2.45. The summed E-state index contributed by atoms with van der Waals surface area (Å²) in [5.74, 6) is -0.0286.